The fraction of sp³-hybridized carbons (Fsp3) is 0.235. The minimum atomic E-state index is -0.723. The molecule has 40 heavy (non-hydrogen) atoms. The highest BCUT2D eigenvalue weighted by Crippen LogP contribution is 2.30. The highest BCUT2D eigenvalue weighted by Gasteiger charge is 2.32. The zero-order chi connectivity index (χ0) is 28.5. The van der Waals surface area contributed by atoms with Crippen LogP contribution < -0.4 is 5.32 Å². The molecular weight excluding hydrogens is 539 g/mol. The number of carbonyl (C=O) groups excluding carboxylic acids is 2. The Morgan fingerprint density at radius 1 is 0.725 bits per heavy atom. The molecule has 0 aliphatic carbocycles. The third-order valence-corrected chi connectivity index (χ3v) is 7.56. The second-order valence-electron chi connectivity index (χ2n) is 10.2. The van der Waals surface area contributed by atoms with Crippen molar-refractivity contribution in [3.8, 4) is 0 Å². The largest absolute Gasteiger partial charge is 0.352 e. The summed E-state index contributed by atoms with van der Waals surface area (Å²) in [5.41, 5.74) is 3.86. The molecule has 0 unspecified atom stereocenters. The molecular formula is C34H34Cl2N2O2. The van der Waals surface area contributed by atoms with Crippen molar-refractivity contribution in [1.82, 2.24) is 10.2 Å². The normalized spacial score (nSPS) is 11.8. The van der Waals surface area contributed by atoms with Crippen LogP contribution in [0.15, 0.2) is 109 Å². The Morgan fingerprint density at radius 2 is 1.27 bits per heavy atom. The quantitative estimate of drug-likeness (QED) is 0.200. The molecule has 4 aromatic rings. The second-order valence-corrected chi connectivity index (χ2v) is 11.0. The summed E-state index contributed by atoms with van der Waals surface area (Å²) in [5, 5.41) is 3.89. The maximum absolute atomic E-state index is 14.4. The molecule has 0 saturated carbocycles. The Kier molecular flexibility index (Phi) is 10.4. The number of halogens is 2. The van der Waals surface area contributed by atoms with Gasteiger partial charge in [0, 0.05) is 31.3 Å². The van der Waals surface area contributed by atoms with Gasteiger partial charge in [-0.2, -0.15) is 0 Å². The molecule has 0 aromatic heterocycles. The van der Waals surface area contributed by atoms with Crippen molar-refractivity contribution in [1.29, 1.82) is 0 Å². The lowest BCUT2D eigenvalue weighted by Crippen LogP contribution is -2.52. The van der Waals surface area contributed by atoms with E-state index in [-0.39, 0.29) is 36.7 Å². The molecule has 206 valence electrons. The molecule has 0 bridgehead atoms. The molecule has 6 heteroatoms. The zero-order valence-corrected chi connectivity index (χ0v) is 24.3. The summed E-state index contributed by atoms with van der Waals surface area (Å²) in [6, 6.07) is 34.4. The van der Waals surface area contributed by atoms with Crippen LogP contribution in [-0.2, 0) is 22.6 Å². The van der Waals surface area contributed by atoms with Gasteiger partial charge in [-0.25, -0.2) is 0 Å². The first-order valence-corrected chi connectivity index (χ1v) is 14.2. The van der Waals surface area contributed by atoms with Gasteiger partial charge >= 0.3 is 0 Å². The van der Waals surface area contributed by atoms with E-state index in [2.05, 4.69) is 5.32 Å². The smallest absolute Gasteiger partial charge is 0.243 e. The van der Waals surface area contributed by atoms with E-state index in [1.807, 2.05) is 111 Å². The van der Waals surface area contributed by atoms with Crippen molar-refractivity contribution >= 4 is 35.0 Å². The second kappa shape index (κ2) is 14.2. The molecule has 0 heterocycles. The number of nitrogens with zero attached hydrogens (tertiary/aromatic N) is 1. The average Bonchev–Trinajstić information content (AvgIpc) is 2.96. The van der Waals surface area contributed by atoms with E-state index in [0.717, 1.165) is 22.3 Å². The van der Waals surface area contributed by atoms with Crippen molar-refractivity contribution < 1.29 is 9.59 Å². The molecule has 0 spiro atoms. The molecule has 0 saturated heterocycles. The number of nitrogens with one attached hydrogen (secondary N) is 1. The number of hydrogen-bond acceptors (Lipinski definition) is 2. The van der Waals surface area contributed by atoms with Crippen molar-refractivity contribution in [2.45, 2.75) is 51.2 Å². The molecule has 4 aromatic carbocycles. The predicted molar refractivity (Wildman–Crippen MR) is 164 cm³/mol. The Labute approximate surface area is 246 Å². The van der Waals surface area contributed by atoms with Crippen LogP contribution >= 0.6 is 23.2 Å². The van der Waals surface area contributed by atoms with Crippen LogP contribution in [0.5, 0.6) is 0 Å². The number of amides is 2. The van der Waals surface area contributed by atoms with Crippen molar-refractivity contribution in [3.63, 3.8) is 0 Å². The van der Waals surface area contributed by atoms with Gasteiger partial charge < -0.3 is 10.2 Å². The van der Waals surface area contributed by atoms with Crippen LogP contribution in [0, 0.1) is 0 Å². The summed E-state index contributed by atoms with van der Waals surface area (Å²) >= 11 is 12.5. The highest BCUT2D eigenvalue weighted by atomic mass is 35.5. The van der Waals surface area contributed by atoms with Gasteiger partial charge in [0.25, 0.3) is 0 Å². The summed E-state index contributed by atoms with van der Waals surface area (Å²) in [4.78, 5) is 29.8. The summed E-state index contributed by atoms with van der Waals surface area (Å²) < 4.78 is 0. The lowest BCUT2D eigenvalue weighted by Gasteiger charge is -2.33. The van der Waals surface area contributed by atoms with Crippen LogP contribution in [0.4, 0.5) is 0 Å². The van der Waals surface area contributed by atoms with Crippen molar-refractivity contribution in [3.05, 3.63) is 141 Å². The number of rotatable bonds is 11. The van der Waals surface area contributed by atoms with Gasteiger partial charge in [-0.05, 0) is 48.2 Å². The van der Waals surface area contributed by atoms with E-state index in [0.29, 0.717) is 16.5 Å². The third kappa shape index (κ3) is 7.97. The molecule has 4 nitrogen and oxygen atoms in total. The van der Waals surface area contributed by atoms with Gasteiger partial charge in [-0.3, -0.25) is 9.59 Å². The first kappa shape index (κ1) is 29.4. The Hall–Kier alpha value is -3.60. The summed E-state index contributed by atoms with van der Waals surface area (Å²) in [5.74, 6) is -0.483. The fourth-order valence-electron chi connectivity index (χ4n) is 4.86. The van der Waals surface area contributed by atoms with Gasteiger partial charge in [-0.1, -0.05) is 120 Å². The Bertz CT molecular complexity index is 1360. The van der Waals surface area contributed by atoms with Crippen molar-refractivity contribution in [2.24, 2.45) is 0 Å². The monoisotopic (exact) mass is 572 g/mol. The van der Waals surface area contributed by atoms with Crippen LogP contribution in [0.1, 0.15) is 48.4 Å². The maximum Gasteiger partial charge on any atom is 0.243 e. The first-order valence-electron chi connectivity index (χ1n) is 13.5. The van der Waals surface area contributed by atoms with E-state index in [1.165, 1.54) is 0 Å². The molecule has 2 amide bonds. The van der Waals surface area contributed by atoms with E-state index < -0.39 is 6.04 Å². The van der Waals surface area contributed by atoms with Crippen LogP contribution in [0.3, 0.4) is 0 Å². The van der Waals surface area contributed by atoms with Gasteiger partial charge in [0.1, 0.15) is 6.04 Å². The standard InChI is InChI=1S/C34H34Cl2N2O2/c1-24(2)37-34(40)32(21-25-12-6-3-7-13-25)38(23-26-18-19-30(35)31(36)20-26)33(39)22-29(27-14-8-4-9-15-27)28-16-10-5-11-17-28/h3-20,24,29,32H,21-23H2,1-2H3,(H,37,40)/t32-/m1/s1. The molecule has 0 radical (unpaired) electrons. The van der Waals surface area contributed by atoms with E-state index in [4.69, 9.17) is 23.2 Å². The number of benzene rings is 4. The lowest BCUT2D eigenvalue weighted by atomic mass is 9.87. The molecule has 0 aliphatic heterocycles. The van der Waals surface area contributed by atoms with Crippen LogP contribution in [0.2, 0.25) is 10.0 Å². The first-order chi connectivity index (χ1) is 19.3. The van der Waals surface area contributed by atoms with Gasteiger partial charge in [-0.15, -0.1) is 0 Å². The van der Waals surface area contributed by atoms with Crippen LogP contribution in [-0.4, -0.2) is 28.8 Å². The molecule has 1 atom stereocenters. The SMILES string of the molecule is CC(C)NC(=O)[C@@H](Cc1ccccc1)N(Cc1ccc(Cl)c(Cl)c1)C(=O)CC(c1ccccc1)c1ccccc1. The fourth-order valence-corrected chi connectivity index (χ4v) is 5.18. The highest BCUT2D eigenvalue weighted by molar-refractivity contribution is 6.42. The molecule has 1 N–H and O–H groups in total. The van der Waals surface area contributed by atoms with E-state index >= 15 is 0 Å². The third-order valence-electron chi connectivity index (χ3n) is 6.82. The summed E-state index contributed by atoms with van der Waals surface area (Å²) in [7, 11) is 0. The van der Waals surface area contributed by atoms with Gasteiger partial charge in [0.2, 0.25) is 11.8 Å². The van der Waals surface area contributed by atoms with Crippen LogP contribution in [0.25, 0.3) is 0 Å². The van der Waals surface area contributed by atoms with E-state index in [1.54, 1.807) is 17.0 Å². The Balaban J connectivity index is 1.75. The van der Waals surface area contributed by atoms with Gasteiger partial charge in [0.15, 0.2) is 0 Å². The number of carbonyl (C=O) groups is 2. The molecule has 0 fully saturated rings. The van der Waals surface area contributed by atoms with Gasteiger partial charge in [0.05, 0.1) is 10.0 Å². The lowest BCUT2D eigenvalue weighted by molar-refractivity contribution is -0.141. The van der Waals surface area contributed by atoms with E-state index in [9.17, 15) is 9.59 Å². The predicted octanol–water partition coefficient (Wildman–Crippen LogP) is 7.68. The molecule has 4 rings (SSSR count). The average molecular weight is 574 g/mol. The summed E-state index contributed by atoms with van der Waals surface area (Å²) in [6.07, 6.45) is 0.587. The maximum atomic E-state index is 14.4. The summed E-state index contributed by atoms with van der Waals surface area (Å²) in [6.45, 7) is 4.06. The Morgan fingerprint density at radius 3 is 1.80 bits per heavy atom. The van der Waals surface area contributed by atoms with Crippen molar-refractivity contribution in [2.75, 3.05) is 0 Å². The number of hydrogen-bond donors (Lipinski definition) is 1. The minimum Gasteiger partial charge on any atom is -0.352 e. The zero-order valence-electron chi connectivity index (χ0n) is 22.8. The topological polar surface area (TPSA) is 49.4 Å². The minimum absolute atomic E-state index is 0.0749. The molecule has 0 aliphatic rings.